The molecule has 0 saturated carbocycles. The molecule has 6 nitrogen and oxygen atoms in total. The fourth-order valence-corrected chi connectivity index (χ4v) is 2.65. The van der Waals surface area contributed by atoms with Crippen LogP contribution >= 0.6 is 11.3 Å². The first-order valence-corrected chi connectivity index (χ1v) is 7.75. The highest BCUT2D eigenvalue weighted by atomic mass is 32.1. The number of nitrogen functional groups attached to an aromatic ring is 1. The van der Waals surface area contributed by atoms with Gasteiger partial charge in [-0.05, 0) is 19.5 Å². The van der Waals surface area contributed by atoms with Crippen LogP contribution in [0.3, 0.4) is 0 Å². The predicted molar refractivity (Wildman–Crippen MR) is 85.6 cm³/mol. The molecule has 0 radical (unpaired) electrons. The Morgan fingerprint density at radius 1 is 1.35 bits per heavy atom. The quantitative estimate of drug-likeness (QED) is 0.756. The van der Waals surface area contributed by atoms with Crippen LogP contribution in [0.4, 0.5) is 10.9 Å². The number of carbonyl (C=O) groups excluding carboxylic acids is 1. The molecule has 114 valence electrons. The molecule has 0 aromatic carbocycles. The molecule has 1 aromatic heterocycles. The van der Waals surface area contributed by atoms with Crippen molar-refractivity contribution in [2.45, 2.75) is 20.3 Å². The van der Waals surface area contributed by atoms with Crippen LogP contribution in [0.1, 0.15) is 29.9 Å². The minimum absolute atomic E-state index is 0.138. The Kier molecular flexibility index (Phi) is 6.74. The Hall–Kier alpha value is -1.34. The standard InChI is InChI=1S/C13H25N5OS/c1-5-8-18(6-2)9-7-15-12(19)10-11(14)16-13(20-10)17(3)4/h5-9,14H2,1-4H3,(H,15,19). The van der Waals surface area contributed by atoms with E-state index in [1.165, 1.54) is 11.3 Å². The lowest BCUT2D eigenvalue weighted by Crippen LogP contribution is -2.35. The highest BCUT2D eigenvalue weighted by Gasteiger charge is 2.16. The third kappa shape index (κ3) is 4.64. The Balaban J connectivity index is 2.50. The van der Waals surface area contributed by atoms with Crippen molar-refractivity contribution in [2.24, 2.45) is 0 Å². The van der Waals surface area contributed by atoms with Crippen LogP contribution in [0.5, 0.6) is 0 Å². The highest BCUT2D eigenvalue weighted by molar-refractivity contribution is 7.18. The van der Waals surface area contributed by atoms with Crippen molar-refractivity contribution < 1.29 is 4.79 Å². The van der Waals surface area contributed by atoms with E-state index >= 15 is 0 Å². The number of likely N-dealkylation sites (N-methyl/N-ethyl adjacent to an activating group) is 1. The van der Waals surface area contributed by atoms with E-state index in [1.54, 1.807) is 0 Å². The molecule has 0 fully saturated rings. The van der Waals surface area contributed by atoms with Gasteiger partial charge in [-0.2, -0.15) is 0 Å². The summed E-state index contributed by atoms with van der Waals surface area (Å²) in [6.45, 7) is 7.82. The Bertz CT molecular complexity index is 432. The fraction of sp³-hybridized carbons (Fsp3) is 0.692. The smallest absolute Gasteiger partial charge is 0.265 e. The summed E-state index contributed by atoms with van der Waals surface area (Å²) in [6.07, 6.45) is 1.12. The lowest BCUT2D eigenvalue weighted by Gasteiger charge is -2.19. The van der Waals surface area contributed by atoms with Gasteiger partial charge in [-0.3, -0.25) is 4.79 Å². The summed E-state index contributed by atoms with van der Waals surface area (Å²) in [5.74, 6) is 0.165. The number of anilines is 2. The molecule has 1 amide bonds. The van der Waals surface area contributed by atoms with Crippen LogP contribution in [0.15, 0.2) is 0 Å². The normalized spacial score (nSPS) is 10.8. The molecule has 0 spiro atoms. The van der Waals surface area contributed by atoms with Crippen LogP contribution in [-0.2, 0) is 0 Å². The van der Waals surface area contributed by atoms with Crippen LogP contribution in [-0.4, -0.2) is 56.1 Å². The zero-order valence-corrected chi connectivity index (χ0v) is 13.6. The van der Waals surface area contributed by atoms with Crippen molar-refractivity contribution in [3.8, 4) is 0 Å². The van der Waals surface area contributed by atoms with Crippen LogP contribution in [0, 0.1) is 0 Å². The molecule has 0 unspecified atom stereocenters. The molecule has 0 aliphatic rings. The monoisotopic (exact) mass is 299 g/mol. The molecule has 0 bridgehead atoms. The van der Waals surface area contributed by atoms with Gasteiger partial charge in [-0.1, -0.05) is 25.2 Å². The second kappa shape index (κ2) is 8.06. The first kappa shape index (κ1) is 16.7. The first-order chi connectivity index (χ1) is 9.49. The number of nitrogens with two attached hydrogens (primary N) is 1. The average molecular weight is 299 g/mol. The van der Waals surface area contributed by atoms with Gasteiger partial charge in [-0.15, -0.1) is 0 Å². The van der Waals surface area contributed by atoms with E-state index in [-0.39, 0.29) is 5.91 Å². The maximum absolute atomic E-state index is 12.1. The van der Waals surface area contributed by atoms with E-state index in [2.05, 4.69) is 29.0 Å². The van der Waals surface area contributed by atoms with Crippen LogP contribution in [0.25, 0.3) is 0 Å². The highest BCUT2D eigenvalue weighted by Crippen LogP contribution is 2.26. The van der Waals surface area contributed by atoms with Gasteiger partial charge in [0, 0.05) is 27.2 Å². The summed E-state index contributed by atoms with van der Waals surface area (Å²) in [6, 6.07) is 0. The Morgan fingerprint density at radius 3 is 2.55 bits per heavy atom. The van der Waals surface area contributed by atoms with E-state index in [0.29, 0.717) is 17.2 Å². The number of nitrogens with zero attached hydrogens (tertiary/aromatic N) is 3. The molecular formula is C13H25N5OS. The van der Waals surface area contributed by atoms with Gasteiger partial charge >= 0.3 is 0 Å². The molecule has 1 rings (SSSR count). The molecule has 3 N–H and O–H groups in total. The van der Waals surface area contributed by atoms with E-state index in [9.17, 15) is 4.79 Å². The van der Waals surface area contributed by atoms with Gasteiger partial charge in [0.05, 0.1) is 0 Å². The number of amides is 1. The first-order valence-electron chi connectivity index (χ1n) is 6.93. The molecular weight excluding hydrogens is 274 g/mol. The van der Waals surface area contributed by atoms with Gasteiger partial charge in [0.2, 0.25) is 0 Å². The summed E-state index contributed by atoms with van der Waals surface area (Å²) in [5.41, 5.74) is 5.79. The lowest BCUT2D eigenvalue weighted by molar-refractivity contribution is 0.0953. The second-order valence-electron chi connectivity index (χ2n) is 4.80. The van der Waals surface area contributed by atoms with Crippen molar-refractivity contribution >= 4 is 28.2 Å². The van der Waals surface area contributed by atoms with Gasteiger partial charge in [0.15, 0.2) is 5.13 Å². The number of aromatic nitrogens is 1. The molecule has 20 heavy (non-hydrogen) atoms. The Morgan fingerprint density at radius 2 is 2.05 bits per heavy atom. The maximum Gasteiger partial charge on any atom is 0.265 e. The third-order valence-electron chi connectivity index (χ3n) is 2.93. The van der Waals surface area contributed by atoms with Crippen LogP contribution < -0.4 is 16.0 Å². The summed E-state index contributed by atoms with van der Waals surface area (Å²) in [4.78, 5) is 20.9. The largest absolute Gasteiger partial charge is 0.382 e. The van der Waals surface area contributed by atoms with Crippen molar-refractivity contribution in [1.29, 1.82) is 0 Å². The zero-order chi connectivity index (χ0) is 15.1. The third-order valence-corrected chi connectivity index (χ3v) is 4.17. The van der Waals surface area contributed by atoms with E-state index in [0.717, 1.165) is 31.2 Å². The van der Waals surface area contributed by atoms with E-state index in [4.69, 9.17) is 5.73 Å². The Labute approximate surface area is 125 Å². The molecule has 1 aromatic rings. The van der Waals surface area contributed by atoms with Crippen molar-refractivity contribution in [3.05, 3.63) is 4.88 Å². The number of hydrogen-bond donors (Lipinski definition) is 2. The van der Waals surface area contributed by atoms with Gasteiger partial charge < -0.3 is 20.9 Å². The molecule has 0 aliphatic heterocycles. The maximum atomic E-state index is 12.1. The number of rotatable bonds is 8. The lowest BCUT2D eigenvalue weighted by atomic mass is 10.4. The SMILES string of the molecule is CCCN(CC)CCNC(=O)c1sc(N(C)C)nc1N. The molecule has 0 saturated heterocycles. The number of nitrogens with one attached hydrogen (secondary N) is 1. The molecule has 0 atom stereocenters. The topological polar surface area (TPSA) is 74.5 Å². The summed E-state index contributed by atoms with van der Waals surface area (Å²) < 4.78 is 0. The van der Waals surface area contributed by atoms with Crippen molar-refractivity contribution in [3.63, 3.8) is 0 Å². The van der Waals surface area contributed by atoms with Crippen LogP contribution in [0.2, 0.25) is 0 Å². The van der Waals surface area contributed by atoms with Gasteiger partial charge in [-0.25, -0.2) is 4.98 Å². The van der Waals surface area contributed by atoms with Gasteiger partial charge in [0.25, 0.3) is 5.91 Å². The average Bonchev–Trinajstić information content (AvgIpc) is 2.80. The van der Waals surface area contributed by atoms with Gasteiger partial charge in [0.1, 0.15) is 10.7 Å². The number of hydrogen-bond acceptors (Lipinski definition) is 6. The molecule has 0 aliphatic carbocycles. The minimum atomic E-state index is -0.138. The zero-order valence-electron chi connectivity index (χ0n) is 12.8. The fourth-order valence-electron chi connectivity index (χ4n) is 1.83. The molecule has 7 heteroatoms. The summed E-state index contributed by atoms with van der Waals surface area (Å²) >= 11 is 1.31. The number of carbonyl (C=O) groups is 1. The number of thiazole rings is 1. The van der Waals surface area contributed by atoms with Crippen molar-refractivity contribution in [1.82, 2.24) is 15.2 Å². The van der Waals surface area contributed by atoms with E-state index < -0.39 is 0 Å². The molecule has 1 heterocycles. The predicted octanol–water partition coefficient (Wildman–Crippen LogP) is 1.25. The van der Waals surface area contributed by atoms with Crippen molar-refractivity contribution in [2.75, 3.05) is 50.9 Å². The minimum Gasteiger partial charge on any atom is -0.382 e. The summed E-state index contributed by atoms with van der Waals surface area (Å²) in [5, 5.41) is 3.65. The summed E-state index contributed by atoms with van der Waals surface area (Å²) in [7, 11) is 3.76. The van der Waals surface area contributed by atoms with E-state index in [1.807, 2.05) is 19.0 Å². The second-order valence-corrected chi connectivity index (χ2v) is 5.77.